The summed E-state index contributed by atoms with van der Waals surface area (Å²) in [6.45, 7) is 8.49. The fourth-order valence-corrected chi connectivity index (χ4v) is 2.63. The van der Waals surface area contributed by atoms with Crippen molar-refractivity contribution in [2.24, 2.45) is 22.8 Å². The number of carbonyl (C=O) groups excluding carboxylic acids is 1. The topological polar surface area (TPSA) is 69.1 Å². The summed E-state index contributed by atoms with van der Waals surface area (Å²) in [7, 11) is 0. The van der Waals surface area contributed by atoms with E-state index in [2.05, 4.69) is 38.1 Å². The van der Waals surface area contributed by atoms with Gasteiger partial charge in [-0.05, 0) is 35.3 Å². The molecule has 112 valence electrons. The number of rotatable bonds is 7. The number of amides is 1. The van der Waals surface area contributed by atoms with Gasteiger partial charge in [0.1, 0.15) is 0 Å². The summed E-state index contributed by atoms with van der Waals surface area (Å²) >= 11 is 0. The lowest BCUT2D eigenvalue weighted by Crippen LogP contribution is -2.27. The van der Waals surface area contributed by atoms with E-state index in [9.17, 15) is 4.79 Å². The summed E-state index contributed by atoms with van der Waals surface area (Å²) in [5.41, 5.74) is 13.8. The highest BCUT2D eigenvalue weighted by atomic mass is 16.1. The predicted molar refractivity (Wildman–Crippen MR) is 84.1 cm³/mol. The van der Waals surface area contributed by atoms with Gasteiger partial charge in [0.15, 0.2) is 0 Å². The van der Waals surface area contributed by atoms with Crippen molar-refractivity contribution in [1.29, 1.82) is 0 Å². The molecule has 3 nitrogen and oxygen atoms in total. The molecule has 4 N–H and O–H groups in total. The van der Waals surface area contributed by atoms with Gasteiger partial charge in [-0.15, -0.1) is 0 Å². The van der Waals surface area contributed by atoms with Gasteiger partial charge in [0.2, 0.25) is 5.91 Å². The van der Waals surface area contributed by atoms with Crippen LogP contribution in [0.15, 0.2) is 24.3 Å². The van der Waals surface area contributed by atoms with Crippen LogP contribution < -0.4 is 11.5 Å². The largest absolute Gasteiger partial charge is 0.370 e. The molecule has 1 rings (SSSR count). The summed E-state index contributed by atoms with van der Waals surface area (Å²) < 4.78 is 0. The molecule has 0 aliphatic rings. The number of hydrogen-bond donors (Lipinski definition) is 2. The van der Waals surface area contributed by atoms with Crippen LogP contribution in [0.25, 0.3) is 0 Å². The average molecular weight is 276 g/mol. The summed E-state index contributed by atoms with van der Waals surface area (Å²) in [5.74, 6) is 0.388. The third kappa shape index (κ3) is 5.74. The van der Waals surface area contributed by atoms with Crippen molar-refractivity contribution in [2.45, 2.75) is 53.0 Å². The van der Waals surface area contributed by atoms with Gasteiger partial charge in [0, 0.05) is 12.5 Å². The number of hydrogen-bond acceptors (Lipinski definition) is 2. The van der Waals surface area contributed by atoms with E-state index in [0.29, 0.717) is 12.3 Å². The number of primary amides is 1. The lowest BCUT2D eigenvalue weighted by molar-refractivity contribution is -0.120. The first-order valence-corrected chi connectivity index (χ1v) is 7.32. The van der Waals surface area contributed by atoms with Crippen molar-refractivity contribution >= 4 is 5.91 Å². The molecule has 0 aromatic heterocycles. The number of nitrogens with two attached hydrogens (primary N) is 2. The van der Waals surface area contributed by atoms with Crippen molar-refractivity contribution in [1.82, 2.24) is 0 Å². The molecule has 20 heavy (non-hydrogen) atoms. The van der Waals surface area contributed by atoms with Crippen LogP contribution in [-0.2, 0) is 11.2 Å². The fourth-order valence-electron chi connectivity index (χ4n) is 2.63. The molecule has 1 amide bonds. The van der Waals surface area contributed by atoms with E-state index in [1.807, 2.05) is 13.8 Å². The third-order valence-corrected chi connectivity index (χ3v) is 3.48. The zero-order chi connectivity index (χ0) is 15.3. The Morgan fingerprint density at radius 1 is 1.20 bits per heavy atom. The van der Waals surface area contributed by atoms with Crippen LogP contribution in [0, 0.1) is 11.3 Å². The van der Waals surface area contributed by atoms with Crippen molar-refractivity contribution in [3.8, 4) is 0 Å². The molecule has 1 atom stereocenters. The monoisotopic (exact) mass is 276 g/mol. The Kier molecular flexibility index (Phi) is 5.75. The highest BCUT2D eigenvalue weighted by molar-refractivity contribution is 5.74. The standard InChI is InChI=1S/C17H28N2O/c1-12(2)9-13-5-7-14(8-6-13)15(18)10-17(3,4)11-16(19)20/h5-8,12,15H,9-11,18H2,1-4H3,(H2,19,20). The second-order valence-electron chi connectivity index (χ2n) is 6.96. The van der Waals surface area contributed by atoms with Crippen LogP contribution in [0.2, 0.25) is 0 Å². The first-order chi connectivity index (χ1) is 9.19. The van der Waals surface area contributed by atoms with E-state index >= 15 is 0 Å². The molecular formula is C17H28N2O. The van der Waals surface area contributed by atoms with Crippen LogP contribution in [0.1, 0.15) is 57.7 Å². The summed E-state index contributed by atoms with van der Waals surface area (Å²) in [6.07, 6.45) is 2.20. The maximum absolute atomic E-state index is 11.1. The van der Waals surface area contributed by atoms with Gasteiger partial charge in [-0.2, -0.15) is 0 Å². The SMILES string of the molecule is CC(C)Cc1ccc(C(N)CC(C)(C)CC(N)=O)cc1. The van der Waals surface area contributed by atoms with Gasteiger partial charge in [-0.25, -0.2) is 0 Å². The van der Waals surface area contributed by atoms with Crippen LogP contribution in [0.3, 0.4) is 0 Å². The summed E-state index contributed by atoms with van der Waals surface area (Å²) in [6, 6.07) is 8.44. The molecule has 0 saturated carbocycles. The highest BCUT2D eigenvalue weighted by Crippen LogP contribution is 2.31. The fraction of sp³-hybridized carbons (Fsp3) is 0.588. The van der Waals surface area contributed by atoms with E-state index in [0.717, 1.165) is 18.4 Å². The van der Waals surface area contributed by atoms with Gasteiger partial charge in [-0.1, -0.05) is 52.0 Å². The minimum Gasteiger partial charge on any atom is -0.370 e. The summed E-state index contributed by atoms with van der Waals surface area (Å²) in [5, 5.41) is 0. The second kappa shape index (κ2) is 6.89. The lowest BCUT2D eigenvalue weighted by atomic mass is 9.81. The lowest BCUT2D eigenvalue weighted by Gasteiger charge is -2.27. The smallest absolute Gasteiger partial charge is 0.217 e. The van der Waals surface area contributed by atoms with Crippen molar-refractivity contribution in [2.75, 3.05) is 0 Å². The van der Waals surface area contributed by atoms with Gasteiger partial charge in [-0.3, -0.25) is 4.79 Å². The van der Waals surface area contributed by atoms with Gasteiger partial charge < -0.3 is 11.5 Å². The zero-order valence-corrected chi connectivity index (χ0v) is 13.1. The summed E-state index contributed by atoms with van der Waals surface area (Å²) in [4.78, 5) is 11.1. The van der Waals surface area contributed by atoms with Gasteiger partial charge in [0.25, 0.3) is 0 Å². The normalized spacial score (nSPS) is 13.5. The van der Waals surface area contributed by atoms with Crippen LogP contribution in [0.4, 0.5) is 0 Å². The third-order valence-electron chi connectivity index (χ3n) is 3.48. The molecule has 0 aliphatic heterocycles. The molecule has 0 bridgehead atoms. The van der Waals surface area contributed by atoms with Crippen LogP contribution >= 0.6 is 0 Å². The van der Waals surface area contributed by atoms with Crippen LogP contribution in [-0.4, -0.2) is 5.91 Å². The molecule has 0 saturated heterocycles. The quantitative estimate of drug-likeness (QED) is 0.803. The average Bonchev–Trinajstić information content (AvgIpc) is 2.26. The van der Waals surface area contributed by atoms with Gasteiger partial charge >= 0.3 is 0 Å². The second-order valence-corrected chi connectivity index (χ2v) is 6.96. The van der Waals surface area contributed by atoms with E-state index in [1.54, 1.807) is 0 Å². The Hall–Kier alpha value is -1.35. The highest BCUT2D eigenvalue weighted by Gasteiger charge is 2.24. The first kappa shape index (κ1) is 16.7. The molecule has 0 spiro atoms. The Morgan fingerprint density at radius 3 is 2.20 bits per heavy atom. The molecule has 0 fully saturated rings. The maximum Gasteiger partial charge on any atom is 0.217 e. The maximum atomic E-state index is 11.1. The molecule has 3 heteroatoms. The Labute approximate surface area is 122 Å². The Bertz CT molecular complexity index is 435. The molecule has 0 radical (unpaired) electrons. The van der Waals surface area contributed by atoms with E-state index in [1.165, 1.54) is 5.56 Å². The molecular weight excluding hydrogens is 248 g/mol. The molecule has 0 aliphatic carbocycles. The molecule has 1 aromatic rings. The first-order valence-electron chi connectivity index (χ1n) is 7.32. The molecule has 0 heterocycles. The van der Waals surface area contributed by atoms with Crippen molar-refractivity contribution in [3.63, 3.8) is 0 Å². The number of carbonyl (C=O) groups is 1. The predicted octanol–water partition coefficient (Wildman–Crippen LogP) is 3.18. The van der Waals surface area contributed by atoms with E-state index < -0.39 is 0 Å². The minimum absolute atomic E-state index is 0.0579. The molecule has 1 aromatic carbocycles. The molecule has 1 unspecified atom stereocenters. The van der Waals surface area contributed by atoms with E-state index in [-0.39, 0.29) is 17.4 Å². The number of benzene rings is 1. The Morgan fingerprint density at radius 2 is 1.75 bits per heavy atom. The zero-order valence-electron chi connectivity index (χ0n) is 13.1. The van der Waals surface area contributed by atoms with Crippen molar-refractivity contribution < 1.29 is 4.79 Å². The van der Waals surface area contributed by atoms with Crippen molar-refractivity contribution in [3.05, 3.63) is 35.4 Å². The van der Waals surface area contributed by atoms with Gasteiger partial charge in [0.05, 0.1) is 0 Å². The Balaban J connectivity index is 2.67. The van der Waals surface area contributed by atoms with E-state index in [4.69, 9.17) is 11.5 Å². The minimum atomic E-state index is -0.269. The van der Waals surface area contributed by atoms with Crippen LogP contribution in [0.5, 0.6) is 0 Å².